The zero-order valence-corrected chi connectivity index (χ0v) is 15.1. The number of hydrogen-bond donors (Lipinski definition) is 1. The lowest BCUT2D eigenvalue weighted by Crippen LogP contribution is -2.36. The highest BCUT2D eigenvalue weighted by molar-refractivity contribution is 7.97. The fourth-order valence-electron chi connectivity index (χ4n) is 2.06. The van der Waals surface area contributed by atoms with Crippen LogP contribution in [0.1, 0.15) is 16.0 Å². The summed E-state index contributed by atoms with van der Waals surface area (Å²) in [7, 11) is 1.64. The number of thioether (sulfide) groups is 1. The lowest BCUT2D eigenvalue weighted by molar-refractivity contribution is -0.142. The average molecular weight is 348 g/mol. The van der Waals surface area contributed by atoms with Crippen LogP contribution in [0.15, 0.2) is 35.7 Å². The summed E-state index contributed by atoms with van der Waals surface area (Å²) in [5.74, 6) is -0.221. The van der Waals surface area contributed by atoms with Gasteiger partial charge in [-0.25, -0.2) is 0 Å². The molecule has 4 nitrogen and oxygen atoms in total. The zero-order valence-electron chi connectivity index (χ0n) is 13.5. The van der Waals surface area contributed by atoms with Gasteiger partial charge in [0.25, 0.3) is 0 Å². The zero-order chi connectivity index (χ0) is 16.8. The van der Waals surface area contributed by atoms with Crippen molar-refractivity contribution < 1.29 is 9.59 Å². The standard InChI is InChI=1S/C17H20N2O2S2/c1-12-8-9-23-15(12)10-19(2)17(21)16(20)18-14-6-4-13(5-7-14)11-22-3/h4-9H,10-11H2,1-3H3,(H,18,20). The third kappa shape index (κ3) is 4.84. The van der Waals surface area contributed by atoms with Crippen molar-refractivity contribution in [1.82, 2.24) is 4.90 Å². The number of nitrogens with one attached hydrogen (secondary N) is 1. The number of rotatable bonds is 5. The molecule has 0 aliphatic heterocycles. The van der Waals surface area contributed by atoms with E-state index in [1.165, 1.54) is 10.5 Å². The van der Waals surface area contributed by atoms with E-state index in [4.69, 9.17) is 0 Å². The minimum Gasteiger partial charge on any atom is -0.332 e. The van der Waals surface area contributed by atoms with Gasteiger partial charge in [-0.2, -0.15) is 11.8 Å². The molecular weight excluding hydrogens is 328 g/mol. The van der Waals surface area contributed by atoms with Gasteiger partial charge in [0, 0.05) is 23.4 Å². The Bertz CT molecular complexity index is 680. The topological polar surface area (TPSA) is 49.4 Å². The number of nitrogens with zero attached hydrogens (tertiary/aromatic N) is 1. The van der Waals surface area contributed by atoms with E-state index in [0.717, 1.165) is 16.2 Å². The normalized spacial score (nSPS) is 10.4. The summed E-state index contributed by atoms with van der Waals surface area (Å²) in [4.78, 5) is 26.8. The van der Waals surface area contributed by atoms with E-state index in [-0.39, 0.29) is 0 Å². The van der Waals surface area contributed by atoms with Gasteiger partial charge in [0.2, 0.25) is 0 Å². The van der Waals surface area contributed by atoms with Crippen LogP contribution in [0.25, 0.3) is 0 Å². The second-order valence-electron chi connectivity index (χ2n) is 5.27. The third-order valence-corrected chi connectivity index (χ3v) is 5.04. The van der Waals surface area contributed by atoms with Crippen LogP contribution >= 0.6 is 23.1 Å². The van der Waals surface area contributed by atoms with Gasteiger partial charge in [-0.15, -0.1) is 11.3 Å². The van der Waals surface area contributed by atoms with Crippen molar-refractivity contribution in [2.24, 2.45) is 0 Å². The van der Waals surface area contributed by atoms with E-state index in [0.29, 0.717) is 12.2 Å². The van der Waals surface area contributed by atoms with Crippen LogP contribution in [0.5, 0.6) is 0 Å². The van der Waals surface area contributed by atoms with Gasteiger partial charge < -0.3 is 10.2 Å². The molecule has 1 aromatic carbocycles. The van der Waals surface area contributed by atoms with Crippen LogP contribution in [0.2, 0.25) is 0 Å². The van der Waals surface area contributed by atoms with Crippen LogP contribution in [-0.4, -0.2) is 30.0 Å². The highest BCUT2D eigenvalue weighted by atomic mass is 32.2. The number of hydrogen-bond acceptors (Lipinski definition) is 4. The second kappa shape index (κ2) is 8.17. The van der Waals surface area contributed by atoms with Crippen molar-refractivity contribution in [3.63, 3.8) is 0 Å². The summed E-state index contributed by atoms with van der Waals surface area (Å²) in [5.41, 5.74) is 2.96. The Kier molecular flexibility index (Phi) is 6.24. The van der Waals surface area contributed by atoms with Gasteiger partial charge in [0.1, 0.15) is 0 Å². The second-order valence-corrected chi connectivity index (χ2v) is 7.14. The summed E-state index contributed by atoms with van der Waals surface area (Å²) in [6, 6.07) is 9.56. The Balaban J connectivity index is 1.93. The number of amides is 2. The van der Waals surface area contributed by atoms with Crippen molar-refractivity contribution in [3.8, 4) is 0 Å². The fourth-order valence-corrected chi connectivity index (χ4v) is 3.55. The van der Waals surface area contributed by atoms with E-state index in [2.05, 4.69) is 5.32 Å². The monoisotopic (exact) mass is 348 g/mol. The molecule has 2 amide bonds. The van der Waals surface area contributed by atoms with Gasteiger partial charge in [0.15, 0.2) is 0 Å². The molecule has 122 valence electrons. The molecule has 0 unspecified atom stereocenters. The van der Waals surface area contributed by atoms with E-state index >= 15 is 0 Å². The molecule has 6 heteroatoms. The number of thiophene rings is 1. The minimum atomic E-state index is -0.612. The minimum absolute atomic E-state index is 0.447. The summed E-state index contributed by atoms with van der Waals surface area (Å²) in [6.07, 6.45) is 2.04. The van der Waals surface area contributed by atoms with Crippen LogP contribution in [0.4, 0.5) is 5.69 Å². The smallest absolute Gasteiger partial charge is 0.313 e. The maximum Gasteiger partial charge on any atom is 0.313 e. The van der Waals surface area contributed by atoms with Crippen molar-refractivity contribution in [1.29, 1.82) is 0 Å². The summed E-state index contributed by atoms with van der Waals surface area (Å²) in [6.45, 7) is 2.45. The molecule has 0 radical (unpaired) electrons. The molecule has 2 rings (SSSR count). The molecule has 0 aliphatic carbocycles. The first-order valence-corrected chi connectivity index (χ1v) is 9.46. The van der Waals surface area contributed by atoms with Gasteiger partial charge in [-0.3, -0.25) is 9.59 Å². The van der Waals surface area contributed by atoms with Crippen molar-refractivity contribution >= 4 is 40.6 Å². The van der Waals surface area contributed by atoms with E-state index in [1.54, 1.807) is 30.1 Å². The maximum absolute atomic E-state index is 12.2. The first-order valence-electron chi connectivity index (χ1n) is 7.18. The molecule has 0 saturated carbocycles. The Hall–Kier alpha value is -1.79. The molecule has 1 heterocycles. The van der Waals surface area contributed by atoms with Crippen molar-refractivity contribution in [3.05, 3.63) is 51.7 Å². The first-order chi connectivity index (χ1) is 11.0. The lowest BCUT2D eigenvalue weighted by Gasteiger charge is -2.16. The molecule has 0 atom stereocenters. The molecule has 0 fully saturated rings. The molecule has 1 aromatic heterocycles. The van der Waals surface area contributed by atoms with Crippen LogP contribution in [0, 0.1) is 6.92 Å². The predicted molar refractivity (Wildman–Crippen MR) is 97.8 cm³/mol. The molecule has 1 N–H and O–H groups in total. The molecule has 0 saturated heterocycles. The highest BCUT2D eigenvalue weighted by Crippen LogP contribution is 2.18. The van der Waals surface area contributed by atoms with Gasteiger partial charge in [-0.1, -0.05) is 12.1 Å². The number of carbonyl (C=O) groups is 2. The van der Waals surface area contributed by atoms with E-state index < -0.39 is 11.8 Å². The van der Waals surface area contributed by atoms with Crippen LogP contribution in [0.3, 0.4) is 0 Å². The van der Waals surface area contributed by atoms with Crippen LogP contribution < -0.4 is 5.32 Å². The Labute approximate surface area is 144 Å². The summed E-state index contributed by atoms with van der Waals surface area (Å²) >= 11 is 3.33. The van der Waals surface area contributed by atoms with Gasteiger partial charge in [-0.05, 0) is 47.9 Å². The molecule has 0 spiro atoms. The molecular formula is C17H20N2O2S2. The molecule has 0 aliphatic rings. The Morgan fingerprint density at radius 2 is 1.91 bits per heavy atom. The molecule has 2 aromatic rings. The SMILES string of the molecule is CSCc1ccc(NC(=O)C(=O)N(C)Cc2sccc2C)cc1. The number of carbonyl (C=O) groups excluding carboxylic acids is 2. The van der Waals surface area contributed by atoms with E-state index in [9.17, 15) is 9.59 Å². The number of likely N-dealkylation sites (N-methyl/N-ethyl adjacent to an activating group) is 1. The predicted octanol–water partition coefficient (Wildman–Crippen LogP) is 3.52. The van der Waals surface area contributed by atoms with Gasteiger partial charge in [0.05, 0.1) is 6.54 Å². The number of aryl methyl sites for hydroxylation is 1. The Morgan fingerprint density at radius 1 is 1.22 bits per heavy atom. The van der Waals surface area contributed by atoms with Gasteiger partial charge >= 0.3 is 11.8 Å². The molecule has 23 heavy (non-hydrogen) atoms. The summed E-state index contributed by atoms with van der Waals surface area (Å²) in [5, 5.41) is 4.64. The third-order valence-electron chi connectivity index (χ3n) is 3.41. The van der Waals surface area contributed by atoms with Crippen LogP contribution in [-0.2, 0) is 21.9 Å². The average Bonchev–Trinajstić information content (AvgIpc) is 2.93. The Morgan fingerprint density at radius 3 is 2.48 bits per heavy atom. The summed E-state index contributed by atoms with van der Waals surface area (Å²) < 4.78 is 0. The fraction of sp³-hybridized carbons (Fsp3) is 0.294. The first kappa shape index (κ1) is 17.6. The van der Waals surface area contributed by atoms with E-state index in [1.807, 2.05) is 48.9 Å². The lowest BCUT2D eigenvalue weighted by atomic mass is 10.2. The number of anilines is 1. The highest BCUT2D eigenvalue weighted by Gasteiger charge is 2.19. The largest absolute Gasteiger partial charge is 0.332 e. The van der Waals surface area contributed by atoms with Crippen molar-refractivity contribution in [2.45, 2.75) is 19.2 Å². The maximum atomic E-state index is 12.2. The number of benzene rings is 1. The molecule has 0 bridgehead atoms. The quantitative estimate of drug-likeness (QED) is 0.841. The van der Waals surface area contributed by atoms with Crippen molar-refractivity contribution in [2.75, 3.05) is 18.6 Å².